The minimum atomic E-state index is -1.28. The molecule has 0 spiro atoms. The fourth-order valence-corrected chi connectivity index (χ4v) is 5.62. The van der Waals surface area contributed by atoms with Gasteiger partial charge in [-0.25, -0.2) is 8.93 Å². The predicted molar refractivity (Wildman–Crippen MR) is 79.8 cm³/mol. The molecule has 2 heterocycles. The molecule has 0 aromatic carbocycles. The molecule has 0 saturated carbocycles. The Kier molecular flexibility index (Phi) is 5.97. The van der Waals surface area contributed by atoms with E-state index in [4.69, 9.17) is 11.6 Å². The van der Waals surface area contributed by atoms with Crippen molar-refractivity contribution in [1.82, 2.24) is 4.72 Å². The van der Waals surface area contributed by atoms with Crippen molar-refractivity contribution in [2.75, 3.05) is 18.1 Å². The van der Waals surface area contributed by atoms with E-state index in [2.05, 4.69) is 4.72 Å². The van der Waals surface area contributed by atoms with Gasteiger partial charge in [-0.3, -0.25) is 0 Å². The van der Waals surface area contributed by atoms with E-state index < -0.39 is 11.0 Å². The molecule has 1 aromatic rings. The van der Waals surface area contributed by atoms with Crippen molar-refractivity contribution in [3.05, 3.63) is 16.5 Å². The van der Waals surface area contributed by atoms with Crippen LogP contribution in [0.1, 0.15) is 12.8 Å². The zero-order valence-electron chi connectivity index (χ0n) is 9.80. The third-order valence-corrected chi connectivity index (χ3v) is 6.82. The highest BCUT2D eigenvalue weighted by atomic mass is 35.5. The molecule has 18 heavy (non-hydrogen) atoms. The zero-order valence-corrected chi connectivity index (χ0v) is 13.0. The van der Waals surface area contributed by atoms with Crippen molar-refractivity contribution in [2.24, 2.45) is 5.92 Å². The van der Waals surface area contributed by atoms with E-state index >= 15 is 0 Å². The van der Waals surface area contributed by atoms with Crippen LogP contribution in [0.5, 0.6) is 0 Å². The monoisotopic (exact) mass is 325 g/mol. The highest BCUT2D eigenvalue weighted by Gasteiger charge is 2.25. The Hall–Kier alpha value is 0.410. The van der Waals surface area contributed by atoms with Gasteiger partial charge in [-0.05, 0) is 42.4 Å². The number of thiophene rings is 1. The van der Waals surface area contributed by atoms with Crippen molar-refractivity contribution < 1.29 is 9.32 Å². The highest BCUT2D eigenvalue weighted by molar-refractivity contribution is 7.99. The minimum absolute atomic E-state index is 0.0280. The molecule has 2 N–H and O–H groups in total. The Morgan fingerprint density at radius 2 is 2.22 bits per heavy atom. The Morgan fingerprint density at radius 3 is 2.78 bits per heavy atom. The molecule has 0 radical (unpaired) electrons. The minimum Gasteiger partial charge on any atom is -0.395 e. The second-order valence-corrected chi connectivity index (χ2v) is 8.60. The standard InChI is InChI=1S/C11H16ClNO2S3/c12-10-1-2-11(17-10)18(15)13-9(7-14)8-3-5-16-6-4-8/h1-2,8-9,13-14H,3-7H2. The first-order valence-corrected chi connectivity index (χ1v) is 9.32. The van der Waals surface area contributed by atoms with Crippen LogP contribution in [0, 0.1) is 5.92 Å². The number of aliphatic hydroxyl groups excluding tert-OH is 1. The molecular formula is C11H16ClNO2S3. The second-order valence-electron chi connectivity index (χ2n) is 4.18. The Balaban J connectivity index is 1.95. The lowest BCUT2D eigenvalue weighted by Crippen LogP contribution is -2.41. The first kappa shape index (κ1) is 14.8. The average Bonchev–Trinajstić information content (AvgIpc) is 2.83. The maximum absolute atomic E-state index is 12.1. The molecule has 2 rings (SSSR count). The summed E-state index contributed by atoms with van der Waals surface area (Å²) in [6.07, 6.45) is 2.15. The first-order valence-electron chi connectivity index (χ1n) is 5.82. The number of hydrogen-bond donors (Lipinski definition) is 2. The summed E-state index contributed by atoms with van der Waals surface area (Å²) < 4.78 is 16.5. The summed E-state index contributed by atoms with van der Waals surface area (Å²) in [6.45, 7) is 0.0280. The zero-order chi connectivity index (χ0) is 13.0. The average molecular weight is 326 g/mol. The molecule has 0 bridgehead atoms. The number of hydrogen-bond acceptors (Lipinski definition) is 4. The van der Waals surface area contributed by atoms with E-state index in [1.165, 1.54) is 11.3 Å². The van der Waals surface area contributed by atoms with Gasteiger partial charge in [-0.15, -0.1) is 11.3 Å². The lowest BCUT2D eigenvalue weighted by atomic mass is 9.95. The van der Waals surface area contributed by atoms with E-state index in [1.807, 2.05) is 11.8 Å². The fraction of sp³-hybridized carbons (Fsp3) is 0.636. The Labute approximate surface area is 123 Å². The van der Waals surface area contributed by atoms with Gasteiger partial charge >= 0.3 is 0 Å². The second kappa shape index (κ2) is 7.26. The topological polar surface area (TPSA) is 49.3 Å². The number of halogens is 1. The molecule has 1 saturated heterocycles. The smallest absolute Gasteiger partial charge is 0.135 e. The lowest BCUT2D eigenvalue weighted by molar-refractivity contribution is 0.210. The van der Waals surface area contributed by atoms with Crippen molar-refractivity contribution in [3.8, 4) is 0 Å². The molecular weight excluding hydrogens is 310 g/mol. The van der Waals surface area contributed by atoms with Gasteiger partial charge in [0.05, 0.1) is 10.9 Å². The van der Waals surface area contributed by atoms with Gasteiger partial charge < -0.3 is 5.11 Å². The van der Waals surface area contributed by atoms with Crippen LogP contribution < -0.4 is 4.72 Å². The Bertz CT molecular complexity index is 407. The third-order valence-electron chi connectivity index (χ3n) is 3.02. The van der Waals surface area contributed by atoms with Gasteiger partial charge in [-0.2, -0.15) is 11.8 Å². The molecule has 1 aliphatic rings. The van der Waals surface area contributed by atoms with Gasteiger partial charge in [0.2, 0.25) is 0 Å². The van der Waals surface area contributed by atoms with Crippen LogP contribution in [0.3, 0.4) is 0 Å². The van der Waals surface area contributed by atoms with Crippen LogP contribution in [0.2, 0.25) is 4.34 Å². The molecule has 0 amide bonds. The molecule has 2 unspecified atom stereocenters. The van der Waals surface area contributed by atoms with Crippen LogP contribution in [0.15, 0.2) is 16.3 Å². The normalized spacial score (nSPS) is 20.8. The molecule has 3 nitrogen and oxygen atoms in total. The van der Waals surface area contributed by atoms with E-state index in [1.54, 1.807) is 12.1 Å². The number of nitrogens with one attached hydrogen (secondary N) is 1. The van der Waals surface area contributed by atoms with Crippen LogP contribution in [0.4, 0.5) is 0 Å². The predicted octanol–water partition coefficient (Wildman–Crippen LogP) is 2.52. The highest BCUT2D eigenvalue weighted by Crippen LogP contribution is 2.27. The van der Waals surface area contributed by atoms with Crippen LogP contribution in [-0.2, 0) is 11.0 Å². The largest absolute Gasteiger partial charge is 0.395 e. The van der Waals surface area contributed by atoms with Crippen molar-refractivity contribution >= 4 is 45.7 Å². The van der Waals surface area contributed by atoms with Crippen molar-refractivity contribution in [3.63, 3.8) is 0 Å². The molecule has 1 aliphatic heterocycles. The summed E-state index contributed by atoms with van der Waals surface area (Å²) in [4.78, 5) is 0. The SMILES string of the molecule is O=S(NC(CO)C1CCSCC1)c1ccc(Cl)s1. The molecule has 102 valence electrons. The van der Waals surface area contributed by atoms with Gasteiger partial charge in [0, 0.05) is 6.04 Å². The van der Waals surface area contributed by atoms with Crippen molar-refractivity contribution in [1.29, 1.82) is 0 Å². The van der Waals surface area contributed by atoms with Crippen LogP contribution in [0.25, 0.3) is 0 Å². The quantitative estimate of drug-likeness (QED) is 0.874. The van der Waals surface area contributed by atoms with Gasteiger partial charge in [-0.1, -0.05) is 11.6 Å². The summed E-state index contributed by atoms with van der Waals surface area (Å²) in [7, 11) is -1.28. The lowest BCUT2D eigenvalue weighted by Gasteiger charge is -2.28. The maximum atomic E-state index is 12.1. The summed E-state index contributed by atoms with van der Waals surface area (Å²) in [5.41, 5.74) is 0. The summed E-state index contributed by atoms with van der Waals surface area (Å²) >= 11 is 9.08. The molecule has 1 fully saturated rings. The fourth-order valence-electron chi connectivity index (χ4n) is 1.99. The van der Waals surface area contributed by atoms with Gasteiger partial charge in [0.1, 0.15) is 15.2 Å². The summed E-state index contributed by atoms with van der Waals surface area (Å²) in [5, 5.41) is 9.45. The Morgan fingerprint density at radius 1 is 1.50 bits per heavy atom. The van der Waals surface area contributed by atoms with Gasteiger partial charge in [0.15, 0.2) is 0 Å². The molecule has 0 aliphatic carbocycles. The molecule has 2 atom stereocenters. The first-order chi connectivity index (χ1) is 8.70. The molecule has 1 aromatic heterocycles. The summed E-state index contributed by atoms with van der Waals surface area (Å²) in [5.74, 6) is 2.66. The van der Waals surface area contributed by atoms with Crippen LogP contribution >= 0.6 is 34.7 Å². The number of rotatable bonds is 5. The summed E-state index contributed by atoms with van der Waals surface area (Å²) in [6, 6.07) is 3.42. The molecule has 7 heteroatoms. The number of thioether (sulfide) groups is 1. The maximum Gasteiger partial charge on any atom is 0.135 e. The third kappa shape index (κ3) is 3.95. The van der Waals surface area contributed by atoms with E-state index in [0.717, 1.165) is 24.3 Å². The van der Waals surface area contributed by atoms with E-state index in [0.29, 0.717) is 14.5 Å². The van der Waals surface area contributed by atoms with Gasteiger partial charge in [0.25, 0.3) is 0 Å². The van der Waals surface area contributed by atoms with Crippen molar-refractivity contribution in [2.45, 2.75) is 23.1 Å². The van der Waals surface area contributed by atoms with E-state index in [9.17, 15) is 9.32 Å². The van der Waals surface area contributed by atoms with E-state index in [-0.39, 0.29) is 12.6 Å². The number of aliphatic hydroxyl groups is 1. The van der Waals surface area contributed by atoms with Crippen LogP contribution in [-0.4, -0.2) is 33.5 Å².